The summed E-state index contributed by atoms with van der Waals surface area (Å²) in [7, 11) is 0. The zero-order valence-corrected chi connectivity index (χ0v) is 17.0. The highest BCUT2D eigenvalue weighted by molar-refractivity contribution is 6.04. The molecule has 1 fully saturated rings. The van der Waals surface area contributed by atoms with Gasteiger partial charge in [0.15, 0.2) is 0 Å². The molecule has 1 aliphatic rings. The molecule has 1 amide bonds. The number of hydrogen-bond acceptors (Lipinski definition) is 7. The number of rotatable bonds is 6. The van der Waals surface area contributed by atoms with Gasteiger partial charge in [-0.1, -0.05) is 6.07 Å². The van der Waals surface area contributed by atoms with Crippen molar-refractivity contribution in [3.63, 3.8) is 0 Å². The average molecular weight is 427 g/mol. The van der Waals surface area contributed by atoms with E-state index in [2.05, 4.69) is 15.4 Å². The molecule has 1 N–H and O–H groups in total. The minimum absolute atomic E-state index is 0.00626. The van der Waals surface area contributed by atoms with E-state index in [9.17, 15) is 14.0 Å². The number of morpholine rings is 1. The van der Waals surface area contributed by atoms with Crippen molar-refractivity contribution in [2.24, 2.45) is 0 Å². The Morgan fingerprint density at radius 2 is 2.06 bits per heavy atom. The molecule has 1 aliphatic heterocycles. The van der Waals surface area contributed by atoms with Crippen LogP contribution in [0.25, 0.3) is 10.9 Å². The number of benzene rings is 1. The maximum atomic E-state index is 14.6. The molecule has 1 aromatic carbocycles. The monoisotopic (exact) mass is 427 g/mol. The van der Waals surface area contributed by atoms with Gasteiger partial charge in [-0.2, -0.15) is 5.10 Å². The number of fused-ring (bicyclic) bond motifs is 1. The lowest BCUT2D eigenvalue weighted by atomic mass is 10.2. The summed E-state index contributed by atoms with van der Waals surface area (Å²) in [5.41, 5.74) is 0.556. The van der Waals surface area contributed by atoms with Crippen molar-refractivity contribution >= 4 is 34.3 Å². The summed E-state index contributed by atoms with van der Waals surface area (Å²) in [5, 5.41) is 7.32. The first-order valence-corrected chi connectivity index (χ1v) is 9.97. The van der Waals surface area contributed by atoms with E-state index in [1.807, 2.05) is 11.0 Å². The minimum Gasteiger partial charge on any atom is -0.465 e. The van der Waals surface area contributed by atoms with Gasteiger partial charge in [0.2, 0.25) is 0 Å². The van der Waals surface area contributed by atoms with Crippen molar-refractivity contribution in [3.05, 3.63) is 48.0 Å². The van der Waals surface area contributed by atoms with Crippen LogP contribution in [0.3, 0.4) is 0 Å². The number of aromatic nitrogens is 3. The molecule has 3 heterocycles. The van der Waals surface area contributed by atoms with Crippen molar-refractivity contribution in [1.29, 1.82) is 0 Å². The number of ether oxygens (including phenoxy) is 2. The standard InChI is InChI=1S/C21H22FN5O4/c1-2-31-20(28)13-27-12-14-10-18(15(22)11-17(14)25-27)24-21(29)16-4-3-5-19(23-16)26-6-8-30-9-7-26/h3-5,10-12H,2,6-9,13H2,1H3,(H,24,29). The van der Waals surface area contributed by atoms with Gasteiger partial charge in [0, 0.05) is 30.7 Å². The van der Waals surface area contributed by atoms with Crippen molar-refractivity contribution < 1.29 is 23.5 Å². The summed E-state index contributed by atoms with van der Waals surface area (Å²) >= 11 is 0. The topological polar surface area (TPSA) is 98.6 Å². The average Bonchev–Trinajstić information content (AvgIpc) is 3.15. The summed E-state index contributed by atoms with van der Waals surface area (Å²) in [5.74, 6) is -0.915. The van der Waals surface area contributed by atoms with E-state index in [0.717, 1.165) is 0 Å². The number of carbonyl (C=O) groups excluding carboxylic acids is 2. The predicted octanol–water partition coefficient (Wildman–Crippen LogP) is 2.22. The Labute approximate surface area is 177 Å². The van der Waals surface area contributed by atoms with Gasteiger partial charge in [-0.05, 0) is 25.1 Å². The van der Waals surface area contributed by atoms with Crippen LogP contribution in [0.2, 0.25) is 0 Å². The van der Waals surface area contributed by atoms with E-state index in [0.29, 0.717) is 43.0 Å². The molecule has 0 atom stereocenters. The molecule has 2 aromatic heterocycles. The quantitative estimate of drug-likeness (QED) is 0.603. The molecule has 3 aromatic rings. The van der Waals surface area contributed by atoms with Crippen LogP contribution in [0.1, 0.15) is 17.4 Å². The van der Waals surface area contributed by atoms with Crippen LogP contribution in [0.4, 0.5) is 15.9 Å². The highest BCUT2D eigenvalue weighted by Crippen LogP contribution is 2.23. The number of esters is 1. The van der Waals surface area contributed by atoms with Crippen molar-refractivity contribution in [2.45, 2.75) is 13.5 Å². The van der Waals surface area contributed by atoms with E-state index >= 15 is 0 Å². The minimum atomic E-state index is -0.633. The van der Waals surface area contributed by atoms with Gasteiger partial charge in [-0.3, -0.25) is 14.3 Å². The molecule has 31 heavy (non-hydrogen) atoms. The zero-order chi connectivity index (χ0) is 21.8. The SMILES string of the molecule is CCOC(=O)Cn1cc2cc(NC(=O)c3cccc(N4CCOCC4)n3)c(F)cc2n1. The second-order valence-corrected chi connectivity index (χ2v) is 6.96. The number of hydrogen-bond donors (Lipinski definition) is 1. The van der Waals surface area contributed by atoms with E-state index in [1.165, 1.54) is 16.8 Å². The molecule has 9 nitrogen and oxygen atoms in total. The number of nitrogens with zero attached hydrogens (tertiary/aromatic N) is 4. The van der Waals surface area contributed by atoms with Crippen molar-refractivity contribution in [2.75, 3.05) is 43.1 Å². The lowest BCUT2D eigenvalue weighted by Crippen LogP contribution is -2.37. The van der Waals surface area contributed by atoms with Gasteiger partial charge in [-0.25, -0.2) is 9.37 Å². The molecule has 162 valence electrons. The van der Waals surface area contributed by atoms with Crippen LogP contribution in [-0.2, 0) is 20.8 Å². The molecule has 0 spiro atoms. The number of nitrogens with one attached hydrogen (secondary N) is 1. The van der Waals surface area contributed by atoms with Crippen LogP contribution < -0.4 is 10.2 Å². The van der Waals surface area contributed by atoms with Crippen LogP contribution >= 0.6 is 0 Å². The van der Waals surface area contributed by atoms with E-state index in [1.54, 1.807) is 25.3 Å². The van der Waals surface area contributed by atoms with Gasteiger partial charge in [0.05, 0.1) is 31.0 Å². The third-order valence-electron chi connectivity index (χ3n) is 4.79. The normalized spacial score (nSPS) is 13.9. The van der Waals surface area contributed by atoms with E-state index in [4.69, 9.17) is 9.47 Å². The molecular weight excluding hydrogens is 405 g/mol. The Hall–Kier alpha value is -3.53. The van der Waals surface area contributed by atoms with Crippen LogP contribution in [0, 0.1) is 5.82 Å². The largest absolute Gasteiger partial charge is 0.465 e. The zero-order valence-electron chi connectivity index (χ0n) is 17.0. The number of carbonyl (C=O) groups is 2. The maximum absolute atomic E-state index is 14.6. The molecule has 10 heteroatoms. The van der Waals surface area contributed by atoms with Gasteiger partial charge in [0.1, 0.15) is 23.9 Å². The highest BCUT2D eigenvalue weighted by Gasteiger charge is 2.17. The van der Waals surface area contributed by atoms with Crippen LogP contribution in [-0.4, -0.2) is 59.6 Å². The van der Waals surface area contributed by atoms with Crippen LogP contribution in [0.5, 0.6) is 0 Å². The van der Waals surface area contributed by atoms with Crippen LogP contribution in [0.15, 0.2) is 36.5 Å². The fourth-order valence-electron chi connectivity index (χ4n) is 3.32. The fourth-order valence-corrected chi connectivity index (χ4v) is 3.32. The summed E-state index contributed by atoms with van der Waals surface area (Å²) in [6, 6.07) is 7.83. The lowest BCUT2D eigenvalue weighted by Gasteiger charge is -2.27. The van der Waals surface area contributed by atoms with Gasteiger partial charge >= 0.3 is 5.97 Å². The third-order valence-corrected chi connectivity index (χ3v) is 4.79. The summed E-state index contributed by atoms with van der Waals surface area (Å²) in [6.07, 6.45) is 1.60. The van der Waals surface area contributed by atoms with Gasteiger partial charge in [0.25, 0.3) is 5.91 Å². The predicted molar refractivity (Wildman–Crippen MR) is 112 cm³/mol. The Bertz CT molecular complexity index is 1110. The molecule has 0 unspecified atom stereocenters. The van der Waals surface area contributed by atoms with Gasteiger partial charge < -0.3 is 19.7 Å². The van der Waals surface area contributed by atoms with E-state index < -0.39 is 17.7 Å². The molecule has 0 aliphatic carbocycles. The Morgan fingerprint density at radius 1 is 1.26 bits per heavy atom. The summed E-state index contributed by atoms with van der Waals surface area (Å²) in [4.78, 5) is 30.8. The summed E-state index contributed by atoms with van der Waals surface area (Å²) in [6.45, 7) is 4.50. The maximum Gasteiger partial charge on any atom is 0.327 e. The molecule has 0 radical (unpaired) electrons. The Morgan fingerprint density at radius 3 is 2.84 bits per heavy atom. The second kappa shape index (κ2) is 9.09. The second-order valence-electron chi connectivity index (χ2n) is 6.96. The first kappa shape index (κ1) is 20.7. The smallest absolute Gasteiger partial charge is 0.327 e. The molecular formula is C21H22FN5O4. The highest BCUT2D eigenvalue weighted by atomic mass is 19.1. The van der Waals surface area contributed by atoms with Crippen molar-refractivity contribution in [3.8, 4) is 0 Å². The Kier molecular flexibility index (Phi) is 6.08. The van der Waals surface area contributed by atoms with Crippen molar-refractivity contribution in [1.82, 2.24) is 14.8 Å². The fraction of sp³-hybridized carbons (Fsp3) is 0.333. The van der Waals surface area contributed by atoms with Gasteiger partial charge in [-0.15, -0.1) is 0 Å². The molecule has 1 saturated heterocycles. The number of pyridine rings is 1. The first-order chi connectivity index (χ1) is 15.0. The first-order valence-electron chi connectivity index (χ1n) is 9.97. The third kappa shape index (κ3) is 4.80. The molecule has 0 saturated carbocycles. The lowest BCUT2D eigenvalue weighted by molar-refractivity contribution is -0.144. The Balaban J connectivity index is 1.51. The molecule has 4 rings (SSSR count). The van der Waals surface area contributed by atoms with E-state index in [-0.39, 0.29) is 24.5 Å². The molecule has 0 bridgehead atoms. The summed E-state index contributed by atoms with van der Waals surface area (Å²) < 4.78 is 26.2. The number of amides is 1. The number of anilines is 2. The number of halogens is 1.